The molecule has 3 rings (SSSR count). The van der Waals surface area contributed by atoms with Crippen LogP contribution >= 0.6 is 0 Å². The van der Waals surface area contributed by atoms with Gasteiger partial charge in [0.25, 0.3) is 0 Å². The Labute approximate surface area is 143 Å². The molecule has 0 N–H and O–H groups in total. The molecule has 2 aromatic rings. The molecule has 0 aliphatic carbocycles. The first-order chi connectivity index (χ1) is 11.2. The van der Waals surface area contributed by atoms with Gasteiger partial charge in [-0.1, -0.05) is 38.1 Å². The van der Waals surface area contributed by atoms with Crippen LogP contribution in [0.5, 0.6) is 0 Å². The number of hydrogen-bond acceptors (Lipinski definition) is 4. The third kappa shape index (κ3) is 3.13. The van der Waals surface area contributed by atoms with Gasteiger partial charge in [0.15, 0.2) is 5.76 Å². The normalized spacial score (nSPS) is 19.8. The van der Waals surface area contributed by atoms with E-state index in [9.17, 15) is 8.42 Å². The monoisotopic (exact) mass is 348 g/mol. The van der Waals surface area contributed by atoms with E-state index in [1.807, 2.05) is 25.1 Å². The Morgan fingerprint density at radius 3 is 2.42 bits per heavy atom. The summed E-state index contributed by atoms with van der Waals surface area (Å²) in [5.41, 5.74) is 1.88. The molecule has 1 atom stereocenters. The lowest BCUT2D eigenvalue weighted by molar-refractivity contribution is 0.297. The summed E-state index contributed by atoms with van der Waals surface area (Å²) in [6, 6.07) is 8.76. The zero-order valence-corrected chi connectivity index (χ0v) is 15.4. The van der Waals surface area contributed by atoms with Crippen molar-refractivity contribution >= 4 is 10.0 Å². The number of nitrogens with zero attached hydrogens (tertiary/aromatic N) is 2. The van der Waals surface area contributed by atoms with Crippen molar-refractivity contribution in [1.29, 1.82) is 0 Å². The highest BCUT2D eigenvalue weighted by Crippen LogP contribution is 2.37. The largest absolute Gasteiger partial charge is 0.359 e. The Morgan fingerprint density at radius 1 is 1.21 bits per heavy atom. The van der Waals surface area contributed by atoms with Gasteiger partial charge in [0, 0.05) is 12.6 Å². The Balaban J connectivity index is 1.92. The average Bonchev–Trinajstić information content (AvgIpc) is 3.15. The van der Waals surface area contributed by atoms with Crippen LogP contribution in [-0.4, -0.2) is 24.4 Å². The molecule has 1 aliphatic heterocycles. The lowest BCUT2D eigenvalue weighted by Crippen LogP contribution is -2.30. The molecule has 0 bridgehead atoms. The van der Waals surface area contributed by atoms with Gasteiger partial charge in [-0.05, 0) is 42.9 Å². The molecule has 2 heterocycles. The fourth-order valence-corrected chi connectivity index (χ4v) is 4.78. The fourth-order valence-electron chi connectivity index (χ4n) is 3.11. The summed E-state index contributed by atoms with van der Waals surface area (Å²) < 4.78 is 33.0. The standard InChI is InChI=1S/C18H24N2O3S/c1-13-12-17(23-19-13)16-6-5-11-20(16)24(21,22)15-9-7-14(8-10-15)18(2,3)4/h7-10,12,16H,5-6,11H2,1-4H3. The maximum absolute atomic E-state index is 13.0. The van der Waals surface area contributed by atoms with Gasteiger partial charge in [-0.25, -0.2) is 8.42 Å². The van der Waals surface area contributed by atoms with Crippen molar-refractivity contribution in [2.24, 2.45) is 0 Å². The van der Waals surface area contributed by atoms with E-state index in [2.05, 4.69) is 25.9 Å². The van der Waals surface area contributed by atoms with Crippen molar-refractivity contribution in [3.05, 3.63) is 47.3 Å². The van der Waals surface area contributed by atoms with Gasteiger partial charge >= 0.3 is 0 Å². The molecule has 1 fully saturated rings. The van der Waals surface area contributed by atoms with Crippen LogP contribution in [0.3, 0.4) is 0 Å². The zero-order chi connectivity index (χ0) is 17.5. The van der Waals surface area contributed by atoms with Gasteiger partial charge in [-0.15, -0.1) is 0 Å². The summed E-state index contributed by atoms with van der Waals surface area (Å²) in [6.07, 6.45) is 1.58. The molecule has 0 spiro atoms. The summed E-state index contributed by atoms with van der Waals surface area (Å²) in [5, 5.41) is 3.89. The smallest absolute Gasteiger partial charge is 0.243 e. The Kier molecular flexibility index (Phi) is 4.30. The van der Waals surface area contributed by atoms with Gasteiger partial charge in [0.05, 0.1) is 16.6 Å². The Morgan fingerprint density at radius 2 is 1.88 bits per heavy atom. The maximum Gasteiger partial charge on any atom is 0.243 e. The van der Waals surface area contributed by atoms with E-state index in [0.29, 0.717) is 17.2 Å². The zero-order valence-electron chi connectivity index (χ0n) is 14.6. The number of hydrogen-bond donors (Lipinski definition) is 0. The van der Waals surface area contributed by atoms with Crippen LogP contribution in [0.2, 0.25) is 0 Å². The number of benzene rings is 1. The highest BCUT2D eigenvalue weighted by Gasteiger charge is 2.38. The highest BCUT2D eigenvalue weighted by molar-refractivity contribution is 7.89. The van der Waals surface area contributed by atoms with Gasteiger partial charge in [0.2, 0.25) is 10.0 Å². The molecule has 1 unspecified atom stereocenters. The topological polar surface area (TPSA) is 63.4 Å². The van der Waals surface area contributed by atoms with Crippen LogP contribution in [0.15, 0.2) is 39.8 Å². The summed E-state index contributed by atoms with van der Waals surface area (Å²) in [7, 11) is -3.54. The molecule has 24 heavy (non-hydrogen) atoms. The lowest BCUT2D eigenvalue weighted by Gasteiger charge is -2.23. The van der Waals surface area contributed by atoms with Crippen LogP contribution in [0.4, 0.5) is 0 Å². The number of sulfonamides is 1. The van der Waals surface area contributed by atoms with E-state index in [4.69, 9.17) is 4.52 Å². The van der Waals surface area contributed by atoms with E-state index in [1.165, 1.54) is 0 Å². The predicted molar refractivity (Wildman–Crippen MR) is 92.2 cm³/mol. The van der Waals surface area contributed by atoms with Crippen molar-refractivity contribution in [2.75, 3.05) is 6.54 Å². The third-order valence-corrected chi connectivity index (χ3v) is 6.43. The molecule has 130 valence electrons. The summed E-state index contributed by atoms with van der Waals surface area (Å²) in [4.78, 5) is 0.332. The molecule has 5 nitrogen and oxygen atoms in total. The van der Waals surface area contributed by atoms with E-state index < -0.39 is 10.0 Å². The second-order valence-corrected chi connectivity index (χ2v) is 9.31. The molecule has 1 aromatic heterocycles. The third-order valence-electron chi connectivity index (χ3n) is 4.51. The van der Waals surface area contributed by atoms with Crippen LogP contribution < -0.4 is 0 Å². The molecular formula is C18H24N2O3S. The van der Waals surface area contributed by atoms with Gasteiger partial charge in [0.1, 0.15) is 0 Å². The van der Waals surface area contributed by atoms with Crippen LogP contribution in [0, 0.1) is 6.92 Å². The molecule has 1 saturated heterocycles. The van der Waals surface area contributed by atoms with Crippen LogP contribution in [-0.2, 0) is 15.4 Å². The van der Waals surface area contributed by atoms with Crippen molar-refractivity contribution < 1.29 is 12.9 Å². The molecule has 1 aliphatic rings. The molecule has 6 heteroatoms. The fraction of sp³-hybridized carbons (Fsp3) is 0.500. The average molecular weight is 348 g/mol. The minimum absolute atomic E-state index is 0.00413. The maximum atomic E-state index is 13.0. The highest BCUT2D eigenvalue weighted by atomic mass is 32.2. The predicted octanol–water partition coefficient (Wildman–Crippen LogP) is 3.81. The molecular weight excluding hydrogens is 324 g/mol. The Bertz CT molecular complexity index is 817. The minimum atomic E-state index is -3.54. The molecule has 1 aromatic carbocycles. The van der Waals surface area contributed by atoms with Crippen molar-refractivity contribution in [2.45, 2.75) is 56.9 Å². The van der Waals surface area contributed by atoms with Gasteiger partial charge in [-0.2, -0.15) is 4.31 Å². The van der Waals surface area contributed by atoms with E-state index in [1.54, 1.807) is 16.4 Å². The summed E-state index contributed by atoms with van der Waals surface area (Å²) in [5.74, 6) is 0.625. The number of rotatable bonds is 3. The van der Waals surface area contributed by atoms with Crippen molar-refractivity contribution in [1.82, 2.24) is 9.46 Å². The first-order valence-electron chi connectivity index (χ1n) is 8.25. The number of aryl methyl sites for hydroxylation is 1. The van der Waals surface area contributed by atoms with Gasteiger partial charge < -0.3 is 4.52 Å². The first kappa shape index (κ1) is 17.2. The van der Waals surface area contributed by atoms with E-state index in [0.717, 1.165) is 24.1 Å². The summed E-state index contributed by atoms with van der Waals surface area (Å²) in [6.45, 7) is 8.68. The lowest BCUT2D eigenvalue weighted by atomic mass is 9.87. The van der Waals surface area contributed by atoms with E-state index in [-0.39, 0.29) is 11.5 Å². The van der Waals surface area contributed by atoms with Crippen LogP contribution in [0.25, 0.3) is 0 Å². The molecule has 0 radical (unpaired) electrons. The van der Waals surface area contributed by atoms with E-state index >= 15 is 0 Å². The first-order valence-corrected chi connectivity index (χ1v) is 9.69. The van der Waals surface area contributed by atoms with Gasteiger partial charge in [-0.3, -0.25) is 0 Å². The molecule has 0 saturated carbocycles. The second-order valence-electron chi connectivity index (χ2n) is 7.42. The summed E-state index contributed by atoms with van der Waals surface area (Å²) >= 11 is 0. The Hall–Kier alpha value is -1.66. The second kappa shape index (κ2) is 6.01. The minimum Gasteiger partial charge on any atom is -0.359 e. The molecule has 0 amide bonds. The quantitative estimate of drug-likeness (QED) is 0.846. The van der Waals surface area contributed by atoms with Crippen molar-refractivity contribution in [3.63, 3.8) is 0 Å². The van der Waals surface area contributed by atoms with Crippen LogP contribution in [0.1, 0.15) is 56.7 Å². The van der Waals surface area contributed by atoms with Crippen molar-refractivity contribution in [3.8, 4) is 0 Å². The number of aromatic nitrogens is 1. The SMILES string of the molecule is Cc1cc(C2CCCN2S(=O)(=O)c2ccc(C(C)(C)C)cc2)on1.